The fraction of sp³-hybridized carbons (Fsp3) is 0.231. The average molecular weight is 430 g/mol. The maximum absolute atomic E-state index is 12.5. The van der Waals surface area contributed by atoms with Crippen LogP contribution in [-0.4, -0.2) is 28.4 Å². The van der Waals surface area contributed by atoms with Crippen LogP contribution >= 0.6 is 0 Å². The zero-order valence-electron chi connectivity index (χ0n) is 18.6. The normalized spacial score (nSPS) is 11.1. The molecule has 0 amide bonds. The number of nitrogens with zero attached hydrogens (tertiary/aromatic N) is 3. The Kier molecular flexibility index (Phi) is 6.52. The van der Waals surface area contributed by atoms with Crippen molar-refractivity contribution in [2.45, 2.75) is 26.6 Å². The number of hydrogen-bond acceptors (Lipinski definition) is 5. The lowest BCUT2D eigenvalue weighted by atomic mass is 10.2. The molecule has 4 rings (SSSR count). The Balaban J connectivity index is 1.43. The van der Waals surface area contributed by atoms with E-state index < -0.39 is 0 Å². The molecule has 0 radical (unpaired) electrons. The zero-order valence-corrected chi connectivity index (χ0v) is 18.6. The molecule has 0 aliphatic heterocycles. The first kappa shape index (κ1) is 21.6. The first-order chi connectivity index (χ1) is 15.5. The SMILES string of the molecule is COc1cc(CN(C)Cc2cc(=O)n3cc(C)ccc3n2)ccc1OCc1ccccc1. The molecule has 164 valence electrons. The highest BCUT2D eigenvalue weighted by molar-refractivity contribution is 5.43. The van der Waals surface area contributed by atoms with Gasteiger partial charge >= 0.3 is 0 Å². The van der Waals surface area contributed by atoms with E-state index in [4.69, 9.17) is 9.47 Å². The van der Waals surface area contributed by atoms with E-state index in [2.05, 4.69) is 9.88 Å². The van der Waals surface area contributed by atoms with Gasteiger partial charge in [0.2, 0.25) is 0 Å². The second-order valence-corrected chi connectivity index (χ2v) is 7.95. The van der Waals surface area contributed by atoms with Crippen LogP contribution in [0.1, 0.15) is 22.4 Å². The lowest BCUT2D eigenvalue weighted by Crippen LogP contribution is -2.22. The van der Waals surface area contributed by atoms with Gasteiger partial charge in [0.15, 0.2) is 11.5 Å². The van der Waals surface area contributed by atoms with Crippen molar-refractivity contribution in [3.8, 4) is 11.5 Å². The van der Waals surface area contributed by atoms with Crippen molar-refractivity contribution in [3.05, 3.63) is 106 Å². The third-order valence-electron chi connectivity index (χ3n) is 5.21. The third-order valence-corrected chi connectivity index (χ3v) is 5.21. The van der Waals surface area contributed by atoms with Gasteiger partial charge in [0.25, 0.3) is 5.56 Å². The van der Waals surface area contributed by atoms with Crippen molar-refractivity contribution in [2.75, 3.05) is 14.2 Å². The maximum Gasteiger partial charge on any atom is 0.258 e. The van der Waals surface area contributed by atoms with Crippen molar-refractivity contribution in [1.82, 2.24) is 14.3 Å². The lowest BCUT2D eigenvalue weighted by Gasteiger charge is -2.18. The molecule has 0 unspecified atom stereocenters. The molecule has 6 heteroatoms. The Morgan fingerprint density at radius 3 is 2.53 bits per heavy atom. The summed E-state index contributed by atoms with van der Waals surface area (Å²) < 4.78 is 13.1. The summed E-state index contributed by atoms with van der Waals surface area (Å²) in [6, 6.07) is 21.4. The molecular weight excluding hydrogens is 402 g/mol. The van der Waals surface area contributed by atoms with Gasteiger partial charge in [-0.15, -0.1) is 0 Å². The van der Waals surface area contributed by atoms with E-state index in [1.807, 2.05) is 80.8 Å². The topological polar surface area (TPSA) is 56.1 Å². The average Bonchev–Trinajstić information content (AvgIpc) is 2.79. The summed E-state index contributed by atoms with van der Waals surface area (Å²) in [5.74, 6) is 1.41. The Morgan fingerprint density at radius 2 is 1.75 bits per heavy atom. The van der Waals surface area contributed by atoms with E-state index >= 15 is 0 Å². The number of aromatic nitrogens is 2. The Hall–Kier alpha value is -3.64. The molecule has 4 aromatic rings. The molecule has 2 aromatic heterocycles. The van der Waals surface area contributed by atoms with Gasteiger partial charge in [0.1, 0.15) is 12.3 Å². The first-order valence-electron chi connectivity index (χ1n) is 10.5. The van der Waals surface area contributed by atoms with Crippen LogP contribution in [0.15, 0.2) is 77.7 Å². The largest absolute Gasteiger partial charge is 0.493 e. The second-order valence-electron chi connectivity index (χ2n) is 7.95. The van der Waals surface area contributed by atoms with Crippen LogP contribution in [0.3, 0.4) is 0 Å². The van der Waals surface area contributed by atoms with E-state index in [0.717, 1.165) is 22.4 Å². The molecule has 2 aromatic carbocycles. The molecule has 0 saturated carbocycles. The number of aryl methyl sites for hydroxylation is 1. The molecule has 0 bridgehead atoms. The van der Waals surface area contributed by atoms with Crippen molar-refractivity contribution in [1.29, 1.82) is 0 Å². The molecular formula is C26H27N3O3. The van der Waals surface area contributed by atoms with Crippen LogP contribution in [0, 0.1) is 6.92 Å². The standard InChI is InChI=1S/C26H27N3O3/c1-19-9-12-25-27-22(14-26(30)29(25)15-19)17-28(2)16-21-10-11-23(24(13-21)31-3)32-18-20-7-5-4-6-8-20/h4-15H,16-18H2,1-3H3. The Morgan fingerprint density at radius 1 is 0.938 bits per heavy atom. The van der Waals surface area contributed by atoms with Gasteiger partial charge in [0, 0.05) is 25.4 Å². The van der Waals surface area contributed by atoms with E-state index in [-0.39, 0.29) is 5.56 Å². The first-order valence-corrected chi connectivity index (χ1v) is 10.5. The van der Waals surface area contributed by atoms with Gasteiger partial charge in [-0.3, -0.25) is 14.1 Å². The smallest absolute Gasteiger partial charge is 0.258 e. The lowest BCUT2D eigenvalue weighted by molar-refractivity contribution is 0.282. The molecule has 2 heterocycles. The zero-order chi connectivity index (χ0) is 22.5. The predicted molar refractivity (Wildman–Crippen MR) is 125 cm³/mol. The van der Waals surface area contributed by atoms with Crippen LogP contribution < -0.4 is 15.0 Å². The summed E-state index contributed by atoms with van der Waals surface area (Å²) in [5.41, 5.74) is 4.56. The number of methoxy groups -OCH3 is 1. The minimum absolute atomic E-state index is 0.0660. The monoisotopic (exact) mass is 429 g/mol. The molecule has 0 N–H and O–H groups in total. The van der Waals surface area contributed by atoms with Gasteiger partial charge in [-0.1, -0.05) is 42.5 Å². The third kappa shape index (κ3) is 5.15. The van der Waals surface area contributed by atoms with Crippen molar-refractivity contribution in [2.24, 2.45) is 0 Å². The van der Waals surface area contributed by atoms with E-state index in [0.29, 0.717) is 36.8 Å². The fourth-order valence-electron chi connectivity index (χ4n) is 3.65. The Labute approximate surface area is 187 Å². The molecule has 6 nitrogen and oxygen atoms in total. The summed E-state index contributed by atoms with van der Waals surface area (Å²) in [5, 5.41) is 0. The minimum Gasteiger partial charge on any atom is -0.493 e. The quantitative estimate of drug-likeness (QED) is 0.420. The van der Waals surface area contributed by atoms with Crippen LogP contribution in [0.25, 0.3) is 5.65 Å². The molecule has 0 atom stereocenters. The van der Waals surface area contributed by atoms with Gasteiger partial charge in [0.05, 0.1) is 12.8 Å². The number of benzene rings is 2. The summed E-state index contributed by atoms with van der Waals surface area (Å²) >= 11 is 0. The van der Waals surface area contributed by atoms with Crippen molar-refractivity contribution < 1.29 is 9.47 Å². The Bertz CT molecular complexity index is 1270. The highest BCUT2D eigenvalue weighted by Gasteiger charge is 2.10. The maximum atomic E-state index is 12.5. The summed E-state index contributed by atoms with van der Waals surface area (Å²) in [6.45, 7) is 3.69. The van der Waals surface area contributed by atoms with Gasteiger partial charge < -0.3 is 9.47 Å². The van der Waals surface area contributed by atoms with Crippen LogP contribution in [0.5, 0.6) is 11.5 Å². The van der Waals surface area contributed by atoms with Crippen molar-refractivity contribution in [3.63, 3.8) is 0 Å². The van der Waals surface area contributed by atoms with Gasteiger partial charge in [-0.2, -0.15) is 0 Å². The number of ether oxygens (including phenoxy) is 2. The van der Waals surface area contributed by atoms with E-state index in [1.165, 1.54) is 0 Å². The predicted octanol–water partition coefficient (Wildman–Crippen LogP) is 4.22. The van der Waals surface area contributed by atoms with Crippen LogP contribution in [0.4, 0.5) is 0 Å². The number of hydrogen-bond donors (Lipinski definition) is 0. The van der Waals surface area contributed by atoms with Gasteiger partial charge in [-0.25, -0.2) is 4.98 Å². The second kappa shape index (κ2) is 9.66. The highest BCUT2D eigenvalue weighted by atomic mass is 16.5. The fourth-order valence-corrected chi connectivity index (χ4v) is 3.65. The molecule has 0 aliphatic carbocycles. The van der Waals surface area contributed by atoms with E-state index in [9.17, 15) is 4.79 Å². The summed E-state index contributed by atoms with van der Waals surface area (Å²) in [6.07, 6.45) is 1.81. The van der Waals surface area contributed by atoms with Gasteiger partial charge in [-0.05, 0) is 48.9 Å². The molecule has 0 saturated heterocycles. The highest BCUT2D eigenvalue weighted by Crippen LogP contribution is 2.29. The molecule has 0 aliphatic rings. The molecule has 32 heavy (non-hydrogen) atoms. The van der Waals surface area contributed by atoms with E-state index in [1.54, 1.807) is 17.6 Å². The number of pyridine rings is 1. The number of rotatable bonds is 8. The number of fused-ring (bicyclic) bond motifs is 1. The molecule has 0 spiro atoms. The molecule has 0 fully saturated rings. The van der Waals surface area contributed by atoms with Crippen molar-refractivity contribution >= 4 is 5.65 Å². The summed E-state index contributed by atoms with van der Waals surface area (Å²) in [4.78, 5) is 19.2. The minimum atomic E-state index is -0.0660. The van der Waals surface area contributed by atoms with Crippen LogP contribution in [-0.2, 0) is 19.7 Å². The summed E-state index contributed by atoms with van der Waals surface area (Å²) in [7, 11) is 3.65. The van der Waals surface area contributed by atoms with Crippen LogP contribution in [0.2, 0.25) is 0 Å².